The van der Waals surface area contributed by atoms with Crippen LogP contribution in [0.15, 0.2) is 84.4 Å². The first-order valence-corrected chi connectivity index (χ1v) is 12.3. The van der Waals surface area contributed by atoms with E-state index in [9.17, 15) is 4.79 Å². The lowest BCUT2D eigenvalue weighted by atomic mass is 10.1. The van der Waals surface area contributed by atoms with Crippen molar-refractivity contribution in [1.29, 1.82) is 0 Å². The Labute approximate surface area is 211 Å². The molecule has 1 amide bonds. The molecule has 1 aliphatic rings. The van der Waals surface area contributed by atoms with Crippen molar-refractivity contribution < 1.29 is 9.53 Å². The normalized spacial score (nSPS) is 18.2. The first-order chi connectivity index (χ1) is 17.3. The zero-order valence-corrected chi connectivity index (χ0v) is 21.1. The molecule has 182 valence electrons. The van der Waals surface area contributed by atoms with Gasteiger partial charge < -0.3 is 10.1 Å². The van der Waals surface area contributed by atoms with Gasteiger partial charge in [0.05, 0.1) is 17.1 Å². The van der Waals surface area contributed by atoms with E-state index in [-0.39, 0.29) is 23.2 Å². The van der Waals surface area contributed by atoms with Crippen LogP contribution in [0.2, 0.25) is 0 Å². The Morgan fingerprint density at radius 3 is 2.53 bits per heavy atom. The van der Waals surface area contributed by atoms with Crippen molar-refractivity contribution in [2.24, 2.45) is 17.3 Å². The molecule has 0 spiro atoms. The number of allylic oxidation sites excluding steroid dienone is 2. The van der Waals surface area contributed by atoms with Crippen molar-refractivity contribution in [1.82, 2.24) is 10.2 Å². The minimum absolute atomic E-state index is 0.0232. The van der Waals surface area contributed by atoms with Crippen molar-refractivity contribution in [2.75, 3.05) is 5.32 Å². The summed E-state index contributed by atoms with van der Waals surface area (Å²) in [4.78, 5) is 12.9. The van der Waals surface area contributed by atoms with Crippen LogP contribution in [0, 0.1) is 17.3 Å². The molecular weight excluding hydrogens is 446 g/mol. The number of carbonyl (C=O) groups is 1. The number of hydrogen-bond acceptors (Lipinski definition) is 3. The fourth-order valence-corrected chi connectivity index (χ4v) is 4.79. The van der Waals surface area contributed by atoms with Crippen LogP contribution in [-0.2, 0) is 4.79 Å². The molecule has 1 aliphatic carbocycles. The fourth-order valence-electron chi connectivity index (χ4n) is 4.79. The van der Waals surface area contributed by atoms with Crippen LogP contribution in [0.4, 0.5) is 5.69 Å². The highest BCUT2D eigenvalue weighted by Gasteiger charge is 2.60. The highest BCUT2D eigenvalue weighted by molar-refractivity contribution is 5.96. The second kappa shape index (κ2) is 9.50. The van der Waals surface area contributed by atoms with E-state index in [4.69, 9.17) is 4.74 Å². The monoisotopic (exact) mass is 477 g/mol. The molecule has 5 nitrogen and oxygen atoms in total. The van der Waals surface area contributed by atoms with E-state index in [1.165, 1.54) is 5.57 Å². The highest BCUT2D eigenvalue weighted by Crippen LogP contribution is 2.59. The molecule has 36 heavy (non-hydrogen) atoms. The van der Waals surface area contributed by atoms with Gasteiger partial charge in [-0.1, -0.05) is 68.0 Å². The maximum atomic E-state index is 12.9. The molecule has 0 radical (unpaired) electrons. The summed E-state index contributed by atoms with van der Waals surface area (Å²) < 4.78 is 6.11. The molecule has 5 rings (SSSR count). The van der Waals surface area contributed by atoms with Gasteiger partial charge >= 0.3 is 0 Å². The zero-order chi connectivity index (χ0) is 25.3. The van der Waals surface area contributed by atoms with E-state index in [0.29, 0.717) is 11.5 Å². The second-order valence-corrected chi connectivity index (χ2v) is 10.2. The number of fused-ring (bicyclic) bond motifs is 1. The van der Waals surface area contributed by atoms with Gasteiger partial charge in [0.25, 0.3) is 0 Å². The predicted octanol–water partition coefficient (Wildman–Crippen LogP) is 7.70. The number of aromatic amines is 1. The number of anilines is 1. The topological polar surface area (TPSA) is 67.0 Å². The molecule has 1 aromatic heterocycles. The Hall–Kier alpha value is -4.12. The number of ether oxygens (including phenoxy) is 1. The third-order valence-electron chi connectivity index (χ3n) is 6.84. The largest absolute Gasteiger partial charge is 0.457 e. The van der Waals surface area contributed by atoms with Gasteiger partial charge in [0, 0.05) is 23.2 Å². The summed E-state index contributed by atoms with van der Waals surface area (Å²) in [5.74, 6) is 1.65. The molecule has 2 N–H and O–H groups in total. The maximum Gasteiger partial charge on any atom is 0.228 e. The Bertz CT molecular complexity index is 1460. The van der Waals surface area contributed by atoms with E-state index in [2.05, 4.69) is 61.4 Å². The van der Waals surface area contributed by atoms with Crippen molar-refractivity contribution >= 4 is 34.6 Å². The summed E-state index contributed by atoms with van der Waals surface area (Å²) in [6.07, 6.45) is 6.26. The number of nitrogens with zero attached hydrogens (tertiary/aromatic N) is 1. The first kappa shape index (κ1) is 23.6. The highest BCUT2D eigenvalue weighted by atomic mass is 16.5. The first-order valence-electron chi connectivity index (χ1n) is 12.3. The van der Waals surface area contributed by atoms with Crippen LogP contribution >= 0.6 is 0 Å². The van der Waals surface area contributed by atoms with E-state index < -0.39 is 0 Å². The summed E-state index contributed by atoms with van der Waals surface area (Å²) in [7, 11) is 0. The molecular formula is C31H31N3O2. The average molecular weight is 478 g/mol. The number of nitrogens with one attached hydrogen (secondary N) is 2. The van der Waals surface area contributed by atoms with Gasteiger partial charge in [-0.2, -0.15) is 5.10 Å². The van der Waals surface area contributed by atoms with Crippen LogP contribution < -0.4 is 10.1 Å². The molecule has 0 saturated heterocycles. The summed E-state index contributed by atoms with van der Waals surface area (Å²) in [6.45, 7) is 8.45. The molecule has 2 unspecified atom stereocenters. The molecule has 0 bridgehead atoms. The molecule has 5 heteroatoms. The molecule has 1 saturated carbocycles. The number of carbonyl (C=O) groups excluding carboxylic acids is 1. The van der Waals surface area contributed by atoms with Crippen LogP contribution in [-0.4, -0.2) is 16.1 Å². The van der Waals surface area contributed by atoms with Gasteiger partial charge in [0.15, 0.2) is 0 Å². The van der Waals surface area contributed by atoms with Crippen molar-refractivity contribution in [3.05, 3.63) is 95.7 Å². The molecule has 2 atom stereocenters. The number of aromatic nitrogens is 2. The van der Waals surface area contributed by atoms with Crippen molar-refractivity contribution in [2.45, 2.75) is 27.7 Å². The van der Waals surface area contributed by atoms with Crippen LogP contribution in [0.1, 0.15) is 39.0 Å². The number of rotatable bonds is 7. The van der Waals surface area contributed by atoms with Crippen LogP contribution in [0.3, 0.4) is 0 Å². The van der Waals surface area contributed by atoms with E-state index in [1.54, 1.807) is 0 Å². The van der Waals surface area contributed by atoms with Gasteiger partial charge in [0.2, 0.25) is 5.91 Å². The lowest BCUT2D eigenvalue weighted by Gasteiger charge is -2.10. The van der Waals surface area contributed by atoms with Gasteiger partial charge in [-0.3, -0.25) is 9.89 Å². The third kappa shape index (κ3) is 4.96. The SMILES string of the molecule is CC(C)=CC1C(C(=O)Nc2cccc(Oc3ccc4c(/C=C/c5ccccc5)n[nH]c4c3)c2)C1(C)C. The lowest BCUT2D eigenvalue weighted by molar-refractivity contribution is -0.118. The molecule has 1 heterocycles. The fraction of sp³-hybridized carbons (Fsp3) is 0.226. The number of amides is 1. The quantitative estimate of drug-likeness (QED) is 0.268. The summed E-state index contributed by atoms with van der Waals surface area (Å²) in [5.41, 5.74) is 4.84. The van der Waals surface area contributed by atoms with Gasteiger partial charge in [-0.15, -0.1) is 0 Å². The molecule has 3 aromatic carbocycles. The maximum absolute atomic E-state index is 12.9. The smallest absolute Gasteiger partial charge is 0.228 e. The third-order valence-corrected chi connectivity index (χ3v) is 6.84. The Morgan fingerprint density at radius 2 is 1.75 bits per heavy atom. The predicted molar refractivity (Wildman–Crippen MR) is 147 cm³/mol. The minimum Gasteiger partial charge on any atom is -0.457 e. The summed E-state index contributed by atoms with van der Waals surface area (Å²) in [5, 5.41) is 11.6. The minimum atomic E-state index is -0.0237. The average Bonchev–Trinajstić information content (AvgIpc) is 3.17. The standard InChI is InChI=1S/C31H31N3O2/c1-20(2)17-26-29(31(26,3)4)30(35)32-22-11-8-12-23(18-22)36-24-14-15-25-27(33-34-28(25)19-24)16-13-21-9-6-5-7-10-21/h5-19,26,29H,1-4H3,(H,32,35)(H,33,34)/b16-13+. The Kier molecular flexibility index (Phi) is 6.23. The van der Waals surface area contributed by atoms with Gasteiger partial charge in [0.1, 0.15) is 11.5 Å². The molecule has 0 aliphatic heterocycles. The zero-order valence-electron chi connectivity index (χ0n) is 21.1. The van der Waals surface area contributed by atoms with Gasteiger partial charge in [-0.25, -0.2) is 0 Å². The Morgan fingerprint density at radius 1 is 0.972 bits per heavy atom. The van der Waals surface area contributed by atoms with E-state index >= 15 is 0 Å². The second-order valence-electron chi connectivity index (χ2n) is 10.2. The number of benzene rings is 3. The van der Waals surface area contributed by atoms with Crippen molar-refractivity contribution in [3.8, 4) is 11.5 Å². The van der Waals surface area contributed by atoms with Gasteiger partial charge in [-0.05, 0) is 61.1 Å². The van der Waals surface area contributed by atoms with Crippen LogP contribution in [0.25, 0.3) is 23.1 Å². The molecule has 4 aromatic rings. The lowest BCUT2D eigenvalue weighted by Crippen LogP contribution is -2.16. The Balaban J connectivity index is 1.27. The summed E-state index contributed by atoms with van der Waals surface area (Å²) in [6, 6.07) is 23.5. The summed E-state index contributed by atoms with van der Waals surface area (Å²) >= 11 is 0. The van der Waals surface area contributed by atoms with E-state index in [0.717, 1.165) is 27.8 Å². The number of hydrogen-bond donors (Lipinski definition) is 2. The van der Waals surface area contributed by atoms with Crippen LogP contribution in [0.5, 0.6) is 11.5 Å². The molecule has 1 fully saturated rings. The van der Waals surface area contributed by atoms with Crippen molar-refractivity contribution in [3.63, 3.8) is 0 Å². The van der Waals surface area contributed by atoms with E-state index in [1.807, 2.05) is 72.8 Å². The number of H-pyrrole nitrogens is 1.